The summed E-state index contributed by atoms with van der Waals surface area (Å²) in [6.45, 7) is 11.0. The van der Waals surface area contributed by atoms with Crippen molar-refractivity contribution in [3.8, 4) is 0 Å². The first-order chi connectivity index (χ1) is 7.00. The van der Waals surface area contributed by atoms with Gasteiger partial charge in [-0.15, -0.1) is 0 Å². The number of halogens is 1. The summed E-state index contributed by atoms with van der Waals surface area (Å²) in [5, 5.41) is 0. The summed E-state index contributed by atoms with van der Waals surface area (Å²) in [5.41, 5.74) is 3.19. The van der Waals surface area contributed by atoms with Crippen LogP contribution in [0.3, 0.4) is 0 Å². The molecule has 0 unspecified atom stereocenters. The van der Waals surface area contributed by atoms with Crippen LogP contribution in [0.4, 0.5) is 4.39 Å². The van der Waals surface area contributed by atoms with Crippen molar-refractivity contribution in [1.82, 2.24) is 0 Å². The number of rotatable bonds is 3. The van der Waals surface area contributed by atoms with Crippen molar-refractivity contribution in [2.75, 3.05) is 0 Å². The second kappa shape index (κ2) is 4.74. The van der Waals surface area contributed by atoms with E-state index >= 15 is 0 Å². The summed E-state index contributed by atoms with van der Waals surface area (Å²) in [7, 11) is 0. The van der Waals surface area contributed by atoms with Gasteiger partial charge in [0.1, 0.15) is 5.83 Å². The third kappa shape index (κ3) is 3.21. The van der Waals surface area contributed by atoms with Crippen molar-refractivity contribution in [3.63, 3.8) is 0 Å². The maximum atomic E-state index is 13.2. The molecule has 0 N–H and O–H groups in total. The van der Waals surface area contributed by atoms with Crippen LogP contribution in [0.2, 0.25) is 0 Å². The van der Waals surface area contributed by atoms with Crippen LogP contribution >= 0.6 is 0 Å². The van der Waals surface area contributed by atoms with Gasteiger partial charge in [0.15, 0.2) is 0 Å². The molecule has 0 aliphatic rings. The molecule has 78 valence electrons. The van der Waals surface area contributed by atoms with Crippen molar-refractivity contribution >= 4 is 5.57 Å². The lowest BCUT2D eigenvalue weighted by Crippen LogP contribution is -1.82. The molecule has 1 aromatic carbocycles. The summed E-state index contributed by atoms with van der Waals surface area (Å²) < 4.78 is 13.2. The Labute approximate surface area is 90.4 Å². The highest BCUT2D eigenvalue weighted by atomic mass is 19.1. The standard InChI is InChI=1S/C14H15F/c1-10(2)14(15)9-12(4)13-7-5-11(3)6-8-13/h5-9H,1,4H2,2-3H3/b14-9+. The molecule has 0 amide bonds. The Kier molecular flexibility index (Phi) is 3.62. The highest BCUT2D eigenvalue weighted by Crippen LogP contribution is 2.19. The van der Waals surface area contributed by atoms with Crippen molar-refractivity contribution in [1.29, 1.82) is 0 Å². The fraction of sp³-hybridized carbons (Fsp3) is 0.143. The normalized spacial score (nSPS) is 11.3. The third-order valence-corrected chi connectivity index (χ3v) is 2.13. The van der Waals surface area contributed by atoms with Crippen molar-refractivity contribution in [2.24, 2.45) is 0 Å². The van der Waals surface area contributed by atoms with E-state index in [4.69, 9.17) is 0 Å². The first kappa shape index (κ1) is 11.4. The minimum atomic E-state index is -0.319. The van der Waals surface area contributed by atoms with Crippen LogP contribution in [0.25, 0.3) is 5.57 Å². The van der Waals surface area contributed by atoms with Gasteiger partial charge in [-0.2, -0.15) is 0 Å². The number of benzene rings is 1. The molecule has 0 atom stereocenters. The van der Waals surface area contributed by atoms with Gasteiger partial charge in [0, 0.05) is 0 Å². The van der Waals surface area contributed by atoms with E-state index in [0.29, 0.717) is 11.1 Å². The SMILES string of the molecule is C=C(C)/C(F)=C\C(=C)c1ccc(C)cc1. The van der Waals surface area contributed by atoms with Crippen molar-refractivity contribution in [3.05, 3.63) is 66.0 Å². The molecule has 0 aromatic heterocycles. The van der Waals surface area contributed by atoms with E-state index in [-0.39, 0.29) is 5.83 Å². The predicted octanol–water partition coefficient (Wildman–Crippen LogP) is 4.44. The van der Waals surface area contributed by atoms with Crippen LogP contribution in [0.15, 0.2) is 54.9 Å². The first-order valence-electron chi connectivity index (χ1n) is 4.79. The van der Waals surface area contributed by atoms with E-state index in [1.807, 2.05) is 31.2 Å². The molecule has 0 aliphatic heterocycles. The highest BCUT2D eigenvalue weighted by Gasteiger charge is 1.99. The summed E-state index contributed by atoms with van der Waals surface area (Å²) in [4.78, 5) is 0. The van der Waals surface area contributed by atoms with E-state index in [0.717, 1.165) is 5.56 Å². The molecule has 0 aliphatic carbocycles. The molecule has 15 heavy (non-hydrogen) atoms. The second-order valence-corrected chi connectivity index (χ2v) is 3.66. The minimum Gasteiger partial charge on any atom is -0.207 e. The summed E-state index contributed by atoms with van der Waals surface area (Å²) >= 11 is 0. The van der Waals surface area contributed by atoms with Crippen molar-refractivity contribution < 1.29 is 4.39 Å². The number of allylic oxidation sites excluding steroid dienone is 4. The smallest absolute Gasteiger partial charge is 0.126 e. The van der Waals surface area contributed by atoms with Gasteiger partial charge in [-0.25, -0.2) is 4.39 Å². The molecule has 0 saturated carbocycles. The molecular weight excluding hydrogens is 187 g/mol. The zero-order valence-corrected chi connectivity index (χ0v) is 9.18. The van der Waals surface area contributed by atoms with Gasteiger partial charge in [0.05, 0.1) is 0 Å². The maximum Gasteiger partial charge on any atom is 0.126 e. The van der Waals surface area contributed by atoms with Gasteiger partial charge in [0.2, 0.25) is 0 Å². The third-order valence-electron chi connectivity index (χ3n) is 2.13. The fourth-order valence-electron chi connectivity index (χ4n) is 1.13. The van der Waals surface area contributed by atoms with E-state index in [9.17, 15) is 4.39 Å². The molecule has 0 saturated heterocycles. The maximum absolute atomic E-state index is 13.2. The number of hydrogen-bond acceptors (Lipinski definition) is 0. The lowest BCUT2D eigenvalue weighted by molar-refractivity contribution is 0.653. The molecule has 1 rings (SSSR count). The van der Waals surface area contributed by atoms with Gasteiger partial charge >= 0.3 is 0 Å². The van der Waals surface area contributed by atoms with Crippen LogP contribution in [-0.2, 0) is 0 Å². The Morgan fingerprint density at radius 2 is 1.73 bits per heavy atom. The molecular formula is C14H15F. The topological polar surface area (TPSA) is 0 Å². The van der Waals surface area contributed by atoms with E-state index < -0.39 is 0 Å². The average Bonchev–Trinajstić information content (AvgIpc) is 2.18. The Morgan fingerprint density at radius 3 is 2.20 bits per heavy atom. The lowest BCUT2D eigenvalue weighted by Gasteiger charge is -2.02. The zero-order valence-electron chi connectivity index (χ0n) is 9.18. The molecule has 0 fully saturated rings. The highest BCUT2D eigenvalue weighted by molar-refractivity contribution is 5.73. The molecule has 0 radical (unpaired) electrons. The Balaban J connectivity index is 2.91. The van der Waals surface area contributed by atoms with E-state index in [1.165, 1.54) is 11.6 Å². The fourth-order valence-corrected chi connectivity index (χ4v) is 1.13. The quantitative estimate of drug-likeness (QED) is 0.636. The van der Waals surface area contributed by atoms with Crippen LogP contribution in [0, 0.1) is 6.92 Å². The summed E-state index contributed by atoms with van der Waals surface area (Å²) in [5.74, 6) is -0.319. The van der Waals surface area contributed by atoms with Gasteiger partial charge in [-0.05, 0) is 36.6 Å². The van der Waals surface area contributed by atoms with Gasteiger partial charge in [0.25, 0.3) is 0 Å². The van der Waals surface area contributed by atoms with Gasteiger partial charge < -0.3 is 0 Å². The molecule has 0 spiro atoms. The van der Waals surface area contributed by atoms with Crippen LogP contribution in [0.5, 0.6) is 0 Å². The predicted molar refractivity (Wildman–Crippen MR) is 64.2 cm³/mol. The minimum absolute atomic E-state index is 0.319. The largest absolute Gasteiger partial charge is 0.207 e. The average molecular weight is 202 g/mol. The Hall–Kier alpha value is -1.63. The van der Waals surface area contributed by atoms with Crippen LogP contribution < -0.4 is 0 Å². The Morgan fingerprint density at radius 1 is 1.20 bits per heavy atom. The Bertz CT molecular complexity index is 407. The van der Waals surface area contributed by atoms with Gasteiger partial charge in [-0.1, -0.05) is 43.0 Å². The second-order valence-electron chi connectivity index (χ2n) is 3.66. The van der Waals surface area contributed by atoms with E-state index in [2.05, 4.69) is 13.2 Å². The zero-order chi connectivity index (χ0) is 11.4. The lowest BCUT2D eigenvalue weighted by atomic mass is 10.0. The van der Waals surface area contributed by atoms with Gasteiger partial charge in [-0.3, -0.25) is 0 Å². The molecule has 0 heterocycles. The molecule has 0 nitrogen and oxygen atoms in total. The van der Waals surface area contributed by atoms with Crippen LogP contribution in [0.1, 0.15) is 18.1 Å². The number of hydrogen-bond donors (Lipinski definition) is 0. The molecule has 1 aromatic rings. The monoisotopic (exact) mass is 202 g/mol. The van der Waals surface area contributed by atoms with E-state index in [1.54, 1.807) is 6.92 Å². The molecule has 0 bridgehead atoms. The summed E-state index contributed by atoms with van der Waals surface area (Å²) in [6, 6.07) is 7.82. The van der Waals surface area contributed by atoms with Crippen LogP contribution in [-0.4, -0.2) is 0 Å². The molecule has 1 heteroatoms. The van der Waals surface area contributed by atoms with Crippen molar-refractivity contribution in [2.45, 2.75) is 13.8 Å². The first-order valence-corrected chi connectivity index (χ1v) is 4.79. The number of aryl methyl sites for hydroxylation is 1. The summed E-state index contributed by atoms with van der Waals surface area (Å²) in [6.07, 6.45) is 1.41.